The average molecular weight is 672 g/mol. The van der Waals surface area contributed by atoms with E-state index in [4.69, 9.17) is 4.74 Å². The van der Waals surface area contributed by atoms with Crippen LogP contribution in [-0.2, 0) is 11.3 Å². The molecule has 13 heteroatoms. The molecule has 0 saturated carbocycles. The lowest BCUT2D eigenvalue weighted by Crippen LogP contribution is -2.42. The van der Waals surface area contributed by atoms with Crippen LogP contribution in [0.1, 0.15) is 29.4 Å². The van der Waals surface area contributed by atoms with Crippen molar-refractivity contribution in [2.24, 2.45) is 0 Å². The van der Waals surface area contributed by atoms with Crippen LogP contribution in [0.15, 0.2) is 107 Å². The van der Waals surface area contributed by atoms with Crippen LogP contribution in [0, 0.1) is 0 Å². The first-order valence-corrected chi connectivity index (χ1v) is 16.2. The Balaban J connectivity index is 1.22. The van der Waals surface area contributed by atoms with Gasteiger partial charge in [0.15, 0.2) is 11.2 Å². The van der Waals surface area contributed by atoms with Crippen molar-refractivity contribution >= 4 is 28.7 Å². The van der Waals surface area contributed by atoms with Gasteiger partial charge in [-0.15, -0.1) is 0 Å². The fraction of sp³-hybridized carbons (Fsp3) is 0.189. The topological polar surface area (TPSA) is 164 Å². The van der Waals surface area contributed by atoms with Gasteiger partial charge in [-0.3, -0.25) is 14.7 Å². The van der Waals surface area contributed by atoms with E-state index >= 15 is 0 Å². The molecule has 7 rings (SSSR count). The molecule has 13 nitrogen and oxygen atoms in total. The number of carbonyl (C=O) groups is 2. The van der Waals surface area contributed by atoms with E-state index in [9.17, 15) is 24.3 Å². The Morgan fingerprint density at radius 1 is 0.960 bits per heavy atom. The number of β-amino-alcohol motifs (C(OH)–C–C–N with tert-alkyl or cyclic N) is 1. The van der Waals surface area contributed by atoms with Crippen LogP contribution >= 0.6 is 0 Å². The number of carbonyl (C=O) groups excluding carboxylic acids is 2. The SMILES string of the molecule is CCOC(=O)c1nn(-c2cccc(-c3ccncc3)c2)c2c(=O)n(C(=O)Nc3ccc(-c4ccccc4CN4CCC(O)C4)cc3)c(=O)[nH]c12. The molecule has 1 unspecified atom stereocenters. The molecule has 3 aromatic heterocycles. The van der Waals surface area contributed by atoms with Crippen molar-refractivity contribution in [3.05, 3.63) is 129 Å². The van der Waals surface area contributed by atoms with E-state index in [1.165, 1.54) is 4.68 Å². The van der Waals surface area contributed by atoms with Crippen molar-refractivity contribution in [1.82, 2.24) is 29.2 Å². The van der Waals surface area contributed by atoms with Crippen molar-refractivity contribution in [1.29, 1.82) is 0 Å². The van der Waals surface area contributed by atoms with Crippen LogP contribution in [-0.4, -0.2) is 72.1 Å². The smallest absolute Gasteiger partial charge is 0.361 e. The summed E-state index contributed by atoms with van der Waals surface area (Å²) in [5, 5.41) is 17.0. The van der Waals surface area contributed by atoms with E-state index in [-0.39, 0.29) is 29.4 Å². The number of benzene rings is 3. The number of likely N-dealkylation sites (tertiary alicyclic amines) is 1. The Hall–Kier alpha value is -6.18. The van der Waals surface area contributed by atoms with Crippen LogP contribution in [0.25, 0.3) is 39.0 Å². The maximum Gasteiger partial charge on any atom is 0.361 e. The minimum absolute atomic E-state index is 0.0430. The van der Waals surface area contributed by atoms with E-state index in [0.717, 1.165) is 40.8 Å². The number of aromatic nitrogens is 5. The first kappa shape index (κ1) is 32.4. The molecular weight excluding hydrogens is 638 g/mol. The quantitative estimate of drug-likeness (QED) is 0.199. The van der Waals surface area contributed by atoms with Gasteiger partial charge in [-0.1, -0.05) is 48.5 Å². The zero-order valence-corrected chi connectivity index (χ0v) is 27.1. The number of rotatable bonds is 8. The number of anilines is 1. The molecule has 1 aliphatic heterocycles. The summed E-state index contributed by atoms with van der Waals surface area (Å²) in [5.74, 6) is -0.835. The van der Waals surface area contributed by atoms with Crippen LogP contribution in [0.3, 0.4) is 0 Å². The van der Waals surface area contributed by atoms with Crippen LogP contribution in [0.5, 0.6) is 0 Å². The van der Waals surface area contributed by atoms with Gasteiger partial charge in [0.1, 0.15) is 5.52 Å². The number of aromatic amines is 1. The van der Waals surface area contributed by atoms with E-state index in [1.807, 2.05) is 48.5 Å². The third-order valence-corrected chi connectivity index (χ3v) is 8.61. The summed E-state index contributed by atoms with van der Waals surface area (Å²) in [5.41, 5.74) is 2.82. The lowest BCUT2D eigenvalue weighted by atomic mass is 9.99. The van der Waals surface area contributed by atoms with Gasteiger partial charge in [0, 0.05) is 37.7 Å². The minimum Gasteiger partial charge on any atom is -0.461 e. The number of pyridine rings is 1. The lowest BCUT2D eigenvalue weighted by Gasteiger charge is -2.18. The highest BCUT2D eigenvalue weighted by atomic mass is 16.5. The summed E-state index contributed by atoms with van der Waals surface area (Å²) in [6.45, 7) is 3.82. The second-order valence-electron chi connectivity index (χ2n) is 11.9. The first-order valence-electron chi connectivity index (χ1n) is 16.2. The Bertz CT molecular complexity index is 2330. The number of aliphatic hydroxyl groups is 1. The fourth-order valence-corrected chi connectivity index (χ4v) is 6.22. The Morgan fingerprint density at radius 2 is 1.74 bits per heavy atom. The summed E-state index contributed by atoms with van der Waals surface area (Å²) in [4.78, 5) is 62.5. The van der Waals surface area contributed by atoms with Gasteiger partial charge >= 0.3 is 17.7 Å². The normalized spacial score (nSPS) is 14.6. The van der Waals surface area contributed by atoms with E-state index in [2.05, 4.69) is 31.3 Å². The van der Waals surface area contributed by atoms with Crippen LogP contribution in [0.2, 0.25) is 0 Å². The number of H-pyrrole nitrogens is 1. The third kappa shape index (κ3) is 6.34. The molecule has 1 amide bonds. The number of ether oxygens (including phenoxy) is 1. The van der Waals surface area contributed by atoms with Crippen molar-refractivity contribution < 1.29 is 19.4 Å². The standard InChI is InChI=1S/C37H33N7O6/c1-2-50-35(47)32-31-33(44(41-32)28-8-5-7-25(20-28)23-14-17-38-18-15-23)34(46)43(37(49)40-31)36(48)39-27-12-10-24(11-13-27)30-9-4-3-6-26(30)21-42-19-16-29(45)22-42/h3-15,17-18,20,29,45H,2,16,19,21-22H2,1H3,(H,39,48)(H,40,49). The Labute approximate surface area is 285 Å². The predicted octanol–water partition coefficient (Wildman–Crippen LogP) is 4.43. The molecule has 6 aromatic rings. The summed E-state index contributed by atoms with van der Waals surface area (Å²) in [6.07, 6.45) is 3.75. The van der Waals surface area contributed by atoms with Gasteiger partial charge in [-0.25, -0.2) is 19.1 Å². The summed E-state index contributed by atoms with van der Waals surface area (Å²) < 4.78 is 6.82. The van der Waals surface area contributed by atoms with E-state index in [0.29, 0.717) is 29.0 Å². The summed E-state index contributed by atoms with van der Waals surface area (Å²) in [7, 11) is 0. The molecule has 0 radical (unpaired) electrons. The molecule has 0 aliphatic carbocycles. The molecule has 0 spiro atoms. The zero-order valence-electron chi connectivity index (χ0n) is 27.1. The molecule has 252 valence electrons. The third-order valence-electron chi connectivity index (χ3n) is 8.61. The summed E-state index contributed by atoms with van der Waals surface area (Å²) in [6, 6.07) is 24.8. The van der Waals surface area contributed by atoms with E-state index < -0.39 is 23.2 Å². The summed E-state index contributed by atoms with van der Waals surface area (Å²) >= 11 is 0. The van der Waals surface area contributed by atoms with Gasteiger partial charge in [-0.2, -0.15) is 9.67 Å². The molecule has 1 saturated heterocycles. The lowest BCUT2D eigenvalue weighted by molar-refractivity contribution is 0.0521. The van der Waals surface area contributed by atoms with Gasteiger partial charge in [0.05, 0.1) is 18.4 Å². The molecule has 50 heavy (non-hydrogen) atoms. The molecule has 1 atom stereocenters. The van der Waals surface area contributed by atoms with Crippen molar-refractivity contribution in [3.63, 3.8) is 0 Å². The molecule has 0 bridgehead atoms. The zero-order chi connectivity index (χ0) is 34.8. The number of nitrogens with one attached hydrogen (secondary N) is 2. The van der Waals surface area contributed by atoms with Crippen LogP contribution in [0.4, 0.5) is 10.5 Å². The van der Waals surface area contributed by atoms with Crippen LogP contribution < -0.4 is 16.6 Å². The minimum atomic E-state index is -1.05. The second-order valence-corrected chi connectivity index (χ2v) is 11.9. The van der Waals surface area contributed by atoms with Gasteiger partial charge in [-0.05, 0) is 77.6 Å². The maximum absolute atomic E-state index is 14.0. The molecular formula is C37H33N7O6. The van der Waals surface area contributed by atoms with Gasteiger partial charge in [0.2, 0.25) is 0 Å². The number of esters is 1. The maximum atomic E-state index is 14.0. The highest BCUT2D eigenvalue weighted by Gasteiger charge is 2.26. The van der Waals surface area contributed by atoms with Crippen molar-refractivity contribution in [2.75, 3.05) is 25.0 Å². The molecule has 3 N–H and O–H groups in total. The molecule has 3 aromatic carbocycles. The number of amides is 1. The Kier molecular flexibility index (Phi) is 8.90. The number of aliphatic hydroxyl groups excluding tert-OH is 1. The first-order chi connectivity index (χ1) is 24.3. The highest BCUT2D eigenvalue weighted by Crippen LogP contribution is 2.28. The average Bonchev–Trinajstić information content (AvgIpc) is 3.72. The molecule has 1 aliphatic rings. The monoisotopic (exact) mass is 671 g/mol. The van der Waals surface area contributed by atoms with Gasteiger partial charge < -0.3 is 20.1 Å². The number of hydrogen-bond donors (Lipinski definition) is 3. The fourth-order valence-electron chi connectivity index (χ4n) is 6.22. The van der Waals surface area contributed by atoms with Gasteiger partial charge in [0.25, 0.3) is 5.56 Å². The molecule has 4 heterocycles. The second kappa shape index (κ2) is 13.7. The number of nitrogens with zero attached hydrogens (tertiary/aromatic N) is 5. The predicted molar refractivity (Wildman–Crippen MR) is 187 cm³/mol. The van der Waals surface area contributed by atoms with Crippen molar-refractivity contribution in [2.45, 2.75) is 26.0 Å². The van der Waals surface area contributed by atoms with E-state index in [1.54, 1.807) is 49.6 Å². The molecule has 1 fully saturated rings. The largest absolute Gasteiger partial charge is 0.461 e. The number of hydrogen-bond acceptors (Lipinski definition) is 9. The van der Waals surface area contributed by atoms with Crippen molar-refractivity contribution in [3.8, 4) is 27.9 Å². The number of fused-ring (bicyclic) bond motifs is 1. The highest BCUT2D eigenvalue weighted by molar-refractivity contribution is 6.01. The Morgan fingerprint density at radius 3 is 2.48 bits per heavy atom.